The summed E-state index contributed by atoms with van der Waals surface area (Å²) >= 11 is 0. The molecule has 1 aromatic heterocycles. The number of hydrogen-bond donors (Lipinski definition) is 1. The zero-order valence-corrected chi connectivity index (χ0v) is 7.74. The highest BCUT2D eigenvalue weighted by atomic mass is 19.1. The van der Waals surface area contributed by atoms with E-state index in [1.807, 2.05) is 17.7 Å². The van der Waals surface area contributed by atoms with Gasteiger partial charge in [0.15, 0.2) is 0 Å². The van der Waals surface area contributed by atoms with E-state index in [9.17, 15) is 4.39 Å². The summed E-state index contributed by atoms with van der Waals surface area (Å²) in [5.41, 5.74) is 6.44. The second-order valence-electron chi connectivity index (χ2n) is 3.05. The Kier molecular flexibility index (Phi) is 1.96. The lowest BCUT2D eigenvalue weighted by Crippen LogP contribution is -1.98. The first-order valence-electron chi connectivity index (χ1n) is 4.24. The fourth-order valence-electron chi connectivity index (χ4n) is 1.33. The Morgan fingerprint density at radius 1 is 1.43 bits per heavy atom. The lowest BCUT2D eigenvalue weighted by molar-refractivity contribution is 0.632. The molecule has 0 atom stereocenters. The minimum Gasteiger partial charge on any atom is -0.396 e. The standard InChI is InChI=1S/C10H10FN3/c1-7-13-4-5-14(7)8-2-3-9(11)10(12)6-8/h2-6H,12H2,1H3. The topological polar surface area (TPSA) is 43.8 Å². The van der Waals surface area contributed by atoms with Gasteiger partial charge < -0.3 is 10.3 Å². The van der Waals surface area contributed by atoms with Gasteiger partial charge in [-0.05, 0) is 25.1 Å². The molecule has 2 aromatic rings. The molecule has 0 unspecified atom stereocenters. The van der Waals surface area contributed by atoms with Gasteiger partial charge in [-0.3, -0.25) is 0 Å². The molecule has 1 heterocycles. The smallest absolute Gasteiger partial charge is 0.146 e. The van der Waals surface area contributed by atoms with Crippen molar-refractivity contribution in [3.05, 3.63) is 42.2 Å². The molecule has 72 valence electrons. The predicted octanol–water partition coefficient (Wildman–Crippen LogP) is 1.90. The van der Waals surface area contributed by atoms with Crippen LogP contribution in [0, 0.1) is 12.7 Å². The highest BCUT2D eigenvalue weighted by Gasteiger charge is 2.03. The summed E-state index contributed by atoms with van der Waals surface area (Å²) < 4.78 is 14.7. The van der Waals surface area contributed by atoms with Crippen LogP contribution in [-0.2, 0) is 0 Å². The molecule has 0 amide bonds. The van der Waals surface area contributed by atoms with Crippen molar-refractivity contribution in [3.8, 4) is 5.69 Å². The summed E-state index contributed by atoms with van der Waals surface area (Å²) in [7, 11) is 0. The largest absolute Gasteiger partial charge is 0.396 e. The van der Waals surface area contributed by atoms with Crippen molar-refractivity contribution in [1.82, 2.24) is 9.55 Å². The van der Waals surface area contributed by atoms with Crippen molar-refractivity contribution in [2.75, 3.05) is 5.73 Å². The molecule has 0 aliphatic carbocycles. The van der Waals surface area contributed by atoms with Crippen LogP contribution in [0.2, 0.25) is 0 Å². The number of anilines is 1. The fraction of sp³-hybridized carbons (Fsp3) is 0.100. The molecule has 4 heteroatoms. The van der Waals surface area contributed by atoms with Gasteiger partial charge >= 0.3 is 0 Å². The second-order valence-corrected chi connectivity index (χ2v) is 3.05. The van der Waals surface area contributed by atoms with Gasteiger partial charge in [-0.15, -0.1) is 0 Å². The van der Waals surface area contributed by atoms with Crippen LogP contribution in [0.15, 0.2) is 30.6 Å². The number of hydrogen-bond acceptors (Lipinski definition) is 2. The Labute approximate surface area is 81.0 Å². The van der Waals surface area contributed by atoms with Gasteiger partial charge in [-0.1, -0.05) is 0 Å². The molecule has 2 rings (SSSR count). The van der Waals surface area contributed by atoms with E-state index >= 15 is 0 Å². The average molecular weight is 191 g/mol. The van der Waals surface area contributed by atoms with Crippen LogP contribution in [0.4, 0.5) is 10.1 Å². The van der Waals surface area contributed by atoms with E-state index in [2.05, 4.69) is 4.98 Å². The summed E-state index contributed by atoms with van der Waals surface area (Å²) in [6.45, 7) is 1.87. The van der Waals surface area contributed by atoms with Crippen LogP contribution in [0.1, 0.15) is 5.82 Å². The maximum Gasteiger partial charge on any atom is 0.146 e. The third kappa shape index (κ3) is 1.35. The number of imidazole rings is 1. The molecule has 14 heavy (non-hydrogen) atoms. The van der Waals surface area contributed by atoms with Crippen molar-refractivity contribution < 1.29 is 4.39 Å². The minimum atomic E-state index is -0.397. The molecule has 0 aliphatic rings. The number of halogens is 1. The van der Waals surface area contributed by atoms with Crippen LogP contribution in [0.3, 0.4) is 0 Å². The van der Waals surface area contributed by atoms with Gasteiger partial charge in [0, 0.05) is 18.1 Å². The van der Waals surface area contributed by atoms with E-state index < -0.39 is 5.82 Å². The van der Waals surface area contributed by atoms with E-state index in [1.165, 1.54) is 6.07 Å². The lowest BCUT2D eigenvalue weighted by atomic mass is 10.2. The van der Waals surface area contributed by atoms with Gasteiger partial charge in [-0.2, -0.15) is 0 Å². The molecule has 3 nitrogen and oxygen atoms in total. The lowest BCUT2D eigenvalue weighted by Gasteiger charge is -2.05. The van der Waals surface area contributed by atoms with E-state index in [0.717, 1.165) is 11.5 Å². The van der Waals surface area contributed by atoms with Crippen molar-refractivity contribution in [2.24, 2.45) is 0 Å². The minimum absolute atomic E-state index is 0.149. The molecule has 0 bridgehead atoms. The Morgan fingerprint density at radius 2 is 2.21 bits per heavy atom. The highest BCUT2D eigenvalue weighted by molar-refractivity contribution is 5.49. The van der Waals surface area contributed by atoms with E-state index in [1.54, 1.807) is 18.3 Å². The Balaban J connectivity index is 2.53. The van der Waals surface area contributed by atoms with Gasteiger partial charge in [0.1, 0.15) is 11.6 Å². The second kappa shape index (κ2) is 3.14. The van der Waals surface area contributed by atoms with Gasteiger partial charge in [-0.25, -0.2) is 9.37 Å². The number of aryl methyl sites for hydroxylation is 1. The fourth-order valence-corrected chi connectivity index (χ4v) is 1.33. The maximum absolute atomic E-state index is 12.9. The molecule has 0 radical (unpaired) electrons. The van der Waals surface area contributed by atoms with Crippen LogP contribution >= 0.6 is 0 Å². The van der Waals surface area contributed by atoms with Gasteiger partial charge in [0.2, 0.25) is 0 Å². The Bertz CT molecular complexity index is 462. The normalized spacial score (nSPS) is 10.4. The van der Waals surface area contributed by atoms with Gasteiger partial charge in [0.25, 0.3) is 0 Å². The number of benzene rings is 1. The van der Waals surface area contributed by atoms with Crippen LogP contribution < -0.4 is 5.73 Å². The molecule has 0 spiro atoms. The van der Waals surface area contributed by atoms with Crippen LogP contribution in [0.25, 0.3) is 5.69 Å². The number of aromatic nitrogens is 2. The van der Waals surface area contributed by atoms with E-state index in [-0.39, 0.29) is 5.69 Å². The first-order valence-corrected chi connectivity index (χ1v) is 4.24. The van der Waals surface area contributed by atoms with Crippen molar-refractivity contribution in [1.29, 1.82) is 0 Å². The van der Waals surface area contributed by atoms with E-state index in [4.69, 9.17) is 5.73 Å². The zero-order valence-electron chi connectivity index (χ0n) is 7.74. The first kappa shape index (κ1) is 8.74. The predicted molar refractivity (Wildman–Crippen MR) is 52.7 cm³/mol. The maximum atomic E-state index is 12.9. The molecule has 0 fully saturated rings. The Hall–Kier alpha value is -1.84. The number of nitrogens with zero attached hydrogens (tertiary/aromatic N) is 2. The molecule has 1 aromatic carbocycles. The zero-order chi connectivity index (χ0) is 10.1. The highest BCUT2D eigenvalue weighted by Crippen LogP contribution is 2.16. The summed E-state index contributed by atoms with van der Waals surface area (Å²) in [6.07, 6.45) is 3.50. The van der Waals surface area contributed by atoms with Crippen molar-refractivity contribution in [3.63, 3.8) is 0 Å². The number of nitrogen functional groups attached to an aromatic ring is 1. The Morgan fingerprint density at radius 3 is 2.79 bits per heavy atom. The summed E-state index contributed by atoms with van der Waals surface area (Å²) in [5.74, 6) is 0.447. The third-order valence-corrected chi connectivity index (χ3v) is 2.08. The summed E-state index contributed by atoms with van der Waals surface area (Å²) in [5, 5.41) is 0. The molecule has 0 saturated heterocycles. The molecular weight excluding hydrogens is 181 g/mol. The van der Waals surface area contributed by atoms with Crippen molar-refractivity contribution >= 4 is 5.69 Å². The average Bonchev–Trinajstić information content (AvgIpc) is 2.57. The van der Waals surface area contributed by atoms with Crippen molar-refractivity contribution in [2.45, 2.75) is 6.92 Å². The molecular formula is C10H10FN3. The van der Waals surface area contributed by atoms with E-state index in [0.29, 0.717) is 0 Å². The van der Waals surface area contributed by atoms with Crippen LogP contribution in [0.5, 0.6) is 0 Å². The quantitative estimate of drug-likeness (QED) is 0.699. The molecule has 2 N–H and O–H groups in total. The summed E-state index contributed by atoms with van der Waals surface area (Å²) in [6, 6.07) is 4.61. The molecule has 0 aliphatic heterocycles. The summed E-state index contributed by atoms with van der Waals surface area (Å²) in [4.78, 5) is 4.07. The van der Waals surface area contributed by atoms with Crippen LogP contribution in [-0.4, -0.2) is 9.55 Å². The third-order valence-electron chi connectivity index (χ3n) is 2.08. The number of nitrogens with two attached hydrogens (primary N) is 1. The SMILES string of the molecule is Cc1nccn1-c1ccc(F)c(N)c1. The number of rotatable bonds is 1. The first-order chi connectivity index (χ1) is 6.68. The van der Waals surface area contributed by atoms with Gasteiger partial charge in [0.05, 0.1) is 5.69 Å². The monoisotopic (exact) mass is 191 g/mol. The molecule has 0 saturated carbocycles.